The molecule has 0 aromatic rings. The first kappa shape index (κ1) is 13.2. The molecule has 0 aliphatic heterocycles. The predicted molar refractivity (Wildman–Crippen MR) is 67.6 cm³/mol. The van der Waals surface area contributed by atoms with Crippen molar-refractivity contribution >= 4 is 10.8 Å². The average Bonchev–Trinajstić information content (AvgIpc) is 2.25. The van der Waals surface area contributed by atoms with Gasteiger partial charge in [-0.2, -0.15) is 0 Å². The van der Waals surface area contributed by atoms with Crippen LogP contribution in [0.1, 0.15) is 45.4 Å². The third-order valence-electron chi connectivity index (χ3n) is 3.32. The van der Waals surface area contributed by atoms with Crippen molar-refractivity contribution < 1.29 is 4.21 Å². The van der Waals surface area contributed by atoms with E-state index >= 15 is 0 Å². The third kappa shape index (κ3) is 6.31. The molecule has 1 rings (SSSR count). The maximum atomic E-state index is 10.9. The van der Waals surface area contributed by atoms with Crippen LogP contribution in [-0.2, 0) is 10.8 Å². The van der Waals surface area contributed by atoms with Gasteiger partial charge < -0.3 is 5.32 Å². The van der Waals surface area contributed by atoms with E-state index in [0.717, 1.165) is 24.6 Å². The highest BCUT2D eigenvalue weighted by atomic mass is 32.2. The Morgan fingerprint density at radius 3 is 2.60 bits per heavy atom. The van der Waals surface area contributed by atoms with E-state index in [1.54, 1.807) is 6.26 Å². The Kier molecular flexibility index (Phi) is 6.50. The molecule has 3 heteroatoms. The highest BCUT2D eigenvalue weighted by molar-refractivity contribution is 7.84. The van der Waals surface area contributed by atoms with Crippen LogP contribution in [0, 0.1) is 5.92 Å². The Balaban J connectivity index is 2.04. The van der Waals surface area contributed by atoms with Gasteiger partial charge in [0, 0.05) is 28.9 Å². The Labute approximate surface area is 96.7 Å². The summed E-state index contributed by atoms with van der Waals surface area (Å²) >= 11 is 0. The first-order chi connectivity index (χ1) is 7.18. The van der Waals surface area contributed by atoms with Crippen molar-refractivity contribution in [3.8, 4) is 0 Å². The lowest BCUT2D eigenvalue weighted by molar-refractivity contribution is 0.329. The van der Waals surface area contributed by atoms with E-state index < -0.39 is 10.8 Å². The van der Waals surface area contributed by atoms with Crippen molar-refractivity contribution in [2.75, 3.05) is 18.6 Å². The Bertz CT molecular complexity index is 190. The summed E-state index contributed by atoms with van der Waals surface area (Å²) in [6.45, 7) is 3.37. The summed E-state index contributed by atoms with van der Waals surface area (Å²) in [6.07, 6.45) is 9.89. The standard InChI is InChI=1S/C12H25NOS/c1-11(8-9-15(2)14)13-10-12-6-4-3-5-7-12/h11-13H,3-10H2,1-2H3. The average molecular weight is 231 g/mol. The van der Waals surface area contributed by atoms with Gasteiger partial charge in [-0.05, 0) is 38.6 Å². The second-order valence-electron chi connectivity index (χ2n) is 4.88. The molecule has 1 aliphatic rings. The molecule has 0 spiro atoms. The Hall–Kier alpha value is 0.110. The van der Waals surface area contributed by atoms with E-state index in [1.165, 1.54) is 32.1 Å². The number of hydrogen-bond donors (Lipinski definition) is 1. The summed E-state index contributed by atoms with van der Waals surface area (Å²) in [5.41, 5.74) is 0. The molecule has 0 aromatic carbocycles. The highest BCUT2D eigenvalue weighted by Gasteiger charge is 2.13. The molecule has 1 fully saturated rings. The molecular weight excluding hydrogens is 206 g/mol. The topological polar surface area (TPSA) is 29.1 Å². The number of rotatable bonds is 6. The lowest BCUT2D eigenvalue weighted by Gasteiger charge is -2.24. The lowest BCUT2D eigenvalue weighted by Crippen LogP contribution is -2.32. The Morgan fingerprint density at radius 1 is 1.33 bits per heavy atom. The molecule has 0 saturated heterocycles. The second-order valence-corrected chi connectivity index (χ2v) is 6.43. The molecule has 1 saturated carbocycles. The monoisotopic (exact) mass is 231 g/mol. The summed E-state index contributed by atoms with van der Waals surface area (Å²) in [6, 6.07) is 0.524. The van der Waals surface area contributed by atoms with Gasteiger partial charge in [0.05, 0.1) is 0 Å². The molecule has 1 aliphatic carbocycles. The molecule has 2 atom stereocenters. The molecule has 0 bridgehead atoms. The normalized spacial score (nSPS) is 22.5. The molecule has 15 heavy (non-hydrogen) atoms. The van der Waals surface area contributed by atoms with Crippen LogP contribution in [0.15, 0.2) is 0 Å². The Morgan fingerprint density at radius 2 is 2.00 bits per heavy atom. The second kappa shape index (κ2) is 7.39. The lowest BCUT2D eigenvalue weighted by atomic mass is 9.89. The van der Waals surface area contributed by atoms with Gasteiger partial charge in [0.15, 0.2) is 0 Å². The van der Waals surface area contributed by atoms with Crippen LogP contribution in [0.5, 0.6) is 0 Å². The van der Waals surface area contributed by atoms with E-state index in [9.17, 15) is 4.21 Å². The van der Waals surface area contributed by atoms with Crippen LogP contribution in [0.2, 0.25) is 0 Å². The summed E-state index contributed by atoms with van der Waals surface area (Å²) in [5, 5.41) is 3.57. The summed E-state index contributed by atoms with van der Waals surface area (Å²) in [7, 11) is -0.634. The molecule has 0 amide bonds. The fourth-order valence-corrected chi connectivity index (χ4v) is 2.89. The molecule has 0 aromatic heterocycles. The van der Waals surface area contributed by atoms with Crippen molar-refractivity contribution in [3.05, 3.63) is 0 Å². The van der Waals surface area contributed by atoms with Crippen molar-refractivity contribution in [1.82, 2.24) is 5.32 Å². The molecule has 90 valence electrons. The fraction of sp³-hybridized carbons (Fsp3) is 1.00. The van der Waals surface area contributed by atoms with Crippen LogP contribution in [0.25, 0.3) is 0 Å². The minimum absolute atomic E-state index is 0.524. The van der Waals surface area contributed by atoms with Crippen molar-refractivity contribution in [3.63, 3.8) is 0 Å². The smallest absolute Gasteiger partial charge is 0.0246 e. The van der Waals surface area contributed by atoms with Crippen molar-refractivity contribution in [1.29, 1.82) is 0 Å². The van der Waals surface area contributed by atoms with Gasteiger partial charge in [0.2, 0.25) is 0 Å². The van der Waals surface area contributed by atoms with Crippen LogP contribution in [-0.4, -0.2) is 28.8 Å². The van der Waals surface area contributed by atoms with Gasteiger partial charge >= 0.3 is 0 Å². The van der Waals surface area contributed by atoms with E-state index in [2.05, 4.69) is 12.2 Å². The molecular formula is C12H25NOS. The van der Waals surface area contributed by atoms with Crippen LogP contribution in [0.4, 0.5) is 0 Å². The predicted octanol–water partition coefficient (Wildman–Crippen LogP) is 2.31. The maximum Gasteiger partial charge on any atom is 0.0246 e. The number of hydrogen-bond acceptors (Lipinski definition) is 2. The minimum atomic E-state index is -0.634. The SMILES string of the molecule is CC(CCS(C)=O)NCC1CCCCC1. The summed E-state index contributed by atoms with van der Waals surface area (Å²) in [4.78, 5) is 0. The zero-order chi connectivity index (χ0) is 11.1. The third-order valence-corrected chi connectivity index (χ3v) is 4.13. The minimum Gasteiger partial charge on any atom is -0.314 e. The van der Waals surface area contributed by atoms with Gasteiger partial charge in [0.25, 0.3) is 0 Å². The van der Waals surface area contributed by atoms with Gasteiger partial charge in [-0.25, -0.2) is 0 Å². The fourth-order valence-electron chi connectivity index (χ4n) is 2.20. The zero-order valence-corrected chi connectivity index (χ0v) is 10.9. The van der Waals surface area contributed by atoms with Gasteiger partial charge in [-0.15, -0.1) is 0 Å². The zero-order valence-electron chi connectivity index (χ0n) is 10.1. The van der Waals surface area contributed by atoms with Gasteiger partial charge in [-0.1, -0.05) is 19.3 Å². The molecule has 0 radical (unpaired) electrons. The first-order valence-electron chi connectivity index (χ1n) is 6.22. The highest BCUT2D eigenvalue weighted by Crippen LogP contribution is 2.22. The van der Waals surface area contributed by atoms with Crippen molar-refractivity contribution in [2.45, 2.75) is 51.5 Å². The van der Waals surface area contributed by atoms with Gasteiger partial charge in [0.1, 0.15) is 0 Å². The molecule has 2 unspecified atom stereocenters. The van der Waals surface area contributed by atoms with E-state index in [1.807, 2.05) is 0 Å². The quantitative estimate of drug-likeness (QED) is 0.760. The first-order valence-corrected chi connectivity index (χ1v) is 7.94. The van der Waals surface area contributed by atoms with E-state index in [-0.39, 0.29) is 0 Å². The van der Waals surface area contributed by atoms with E-state index in [0.29, 0.717) is 6.04 Å². The van der Waals surface area contributed by atoms with Crippen LogP contribution < -0.4 is 5.32 Å². The summed E-state index contributed by atoms with van der Waals surface area (Å²) < 4.78 is 10.9. The largest absolute Gasteiger partial charge is 0.314 e. The molecule has 0 heterocycles. The van der Waals surface area contributed by atoms with Crippen molar-refractivity contribution in [2.24, 2.45) is 5.92 Å². The number of nitrogens with one attached hydrogen (secondary N) is 1. The van der Waals surface area contributed by atoms with Crippen LogP contribution >= 0.6 is 0 Å². The summed E-state index contributed by atoms with van der Waals surface area (Å²) in [5.74, 6) is 1.73. The van der Waals surface area contributed by atoms with E-state index in [4.69, 9.17) is 0 Å². The van der Waals surface area contributed by atoms with Crippen LogP contribution in [0.3, 0.4) is 0 Å². The maximum absolute atomic E-state index is 10.9. The van der Waals surface area contributed by atoms with Gasteiger partial charge in [-0.3, -0.25) is 4.21 Å². The molecule has 2 nitrogen and oxygen atoms in total. The molecule has 1 N–H and O–H groups in total.